The summed E-state index contributed by atoms with van der Waals surface area (Å²) < 4.78 is 2.29. The zero-order valence-electron chi connectivity index (χ0n) is 11.8. The van der Waals surface area contributed by atoms with Gasteiger partial charge < -0.3 is 9.88 Å². The van der Waals surface area contributed by atoms with Gasteiger partial charge in [-0.15, -0.1) is 0 Å². The summed E-state index contributed by atoms with van der Waals surface area (Å²) in [6.45, 7) is 10.8. The molecular formula is C15H23N3. The van der Waals surface area contributed by atoms with E-state index in [9.17, 15) is 0 Å². The number of aromatic nitrogens is 2. The average Bonchev–Trinajstić information content (AvgIpc) is 2.73. The summed E-state index contributed by atoms with van der Waals surface area (Å²) in [5, 5.41) is 3.38. The number of aryl methyl sites for hydroxylation is 2. The summed E-state index contributed by atoms with van der Waals surface area (Å²) in [6, 6.07) is 4.91. The Morgan fingerprint density at radius 1 is 1.28 bits per heavy atom. The Morgan fingerprint density at radius 2 is 2.00 bits per heavy atom. The molecule has 1 atom stereocenters. The molecular weight excluding hydrogens is 222 g/mol. The fraction of sp³-hybridized carbons (Fsp3) is 0.533. The molecule has 0 saturated carbocycles. The second-order valence-electron chi connectivity index (χ2n) is 5.07. The smallest absolute Gasteiger partial charge is 0.0960 e. The molecule has 0 saturated heterocycles. The third-order valence-electron chi connectivity index (χ3n) is 3.65. The topological polar surface area (TPSA) is 29.9 Å². The van der Waals surface area contributed by atoms with Crippen molar-refractivity contribution < 1.29 is 0 Å². The van der Waals surface area contributed by atoms with Crippen LogP contribution in [-0.2, 0) is 0 Å². The van der Waals surface area contributed by atoms with Crippen molar-refractivity contribution in [2.24, 2.45) is 0 Å². The maximum atomic E-state index is 4.51. The van der Waals surface area contributed by atoms with Crippen LogP contribution >= 0.6 is 0 Å². The molecule has 2 rings (SSSR count). The van der Waals surface area contributed by atoms with Gasteiger partial charge >= 0.3 is 0 Å². The van der Waals surface area contributed by atoms with Crippen LogP contribution in [0.5, 0.6) is 0 Å². The molecule has 18 heavy (non-hydrogen) atoms. The fourth-order valence-corrected chi connectivity index (χ4v) is 2.26. The Bertz CT molecular complexity index is 528. The molecule has 0 bridgehead atoms. The number of benzene rings is 1. The summed E-state index contributed by atoms with van der Waals surface area (Å²) in [4.78, 5) is 4.51. The molecule has 0 aliphatic rings. The molecule has 0 amide bonds. The van der Waals surface area contributed by atoms with E-state index in [2.05, 4.69) is 54.7 Å². The predicted octanol–water partition coefficient (Wildman–Crippen LogP) is 3.21. The fourth-order valence-electron chi connectivity index (χ4n) is 2.26. The number of nitrogens with zero attached hydrogens (tertiary/aromatic N) is 2. The SMILES string of the molecule is CCNCCC(C)n1cnc2cc(C)c(C)cc21. The van der Waals surface area contributed by atoms with Crippen molar-refractivity contribution in [1.29, 1.82) is 0 Å². The first-order chi connectivity index (χ1) is 8.63. The minimum absolute atomic E-state index is 0.483. The van der Waals surface area contributed by atoms with E-state index in [1.165, 1.54) is 16.6 Å². The van der Waals surface area contributed by atoms with Crippen LogP contribution in [0.2, 0.25) is 0 Å². The zero-order chi connectivity index (χ0) is 13.1. The maximum Gasteiger partial charge on any atom is 0.0960 e. The lowest BCUT2D eigenvalue weighted by Gasteiger charge is -2.15. The van der Waals surface area contributed by atoms with Gasteiger partial charge in [-0.25, -0.2) is 4.98 Å². The van der Waals surface area contributed by atoms with Crippen molar-refractivity contribution in [3.05, 3.63) is 29.6 Å². The van der Waals surface area contributed by atoms with E-state index in [0.29, 0.717) is 6.04 Å². The van der Waals surface area contributed by atoms with Gasteiger partial charge in [-0.2, -0.15) is 0 Å². The average molecular weight is 245 g/mol. The van der Waals surface area contributed by atoms with Gasteiger partial charge in [-0.1, -0.05) is 6.92 Å². The molecule has 98 valence electrons. The molecule has 1 aromatic carbocycles. The van der Waals surface area contributed by atoms with Crippen LogP contribution < -0.4 is 5.32 Å². The quantitative estimate of drug-likeness (QED) is 0.820. The molecule has 1 heterocycles. The summed E-state index contributed by atoms with van der Waals surface area (Å²) >= 11 is 0. The van der Waals surface area contributed by atoms with Gasteiger partial charge in [0.05, 0.1) is 17.4 Å². The van der Waals surface area contributed by atoms with Gasteiger partial charge in [0.2, 0.25) is 0 Å². The third-order valence-corrected chi connectivity index (χ3v) is 3.65. The van der Waals surface area contributed by atoms with Gasteiger partial charge in [0.15, 0.2) is 0 Å². The van der Waals surface area contributed by atoms with E-state index in [0.717, 1.165) is 25.0 Å². The van der Waals surface area contributed by atoms with Crippen LogP contribution in [0.4, 0.5) is 0 Å². The van der Waals surface area contributed by atoms with Crippen molar-refractivity contribution in [3.63, 3.8) is 0 Å². The molecule has 0 fully saturated rings. The molecule has 1 aromatic heterocycles. The lowest BCUT2D eigenvalue weighted by atomic mass is 10.1. The normalized spacial score (nSPS) is 13.1. The Morgan fingerprint density at radius 3 is 2.72 bits per heavy atom. The first-order valence-electron chi connectivity index (χ1n) is 6.78. The second-order valence-corrected chi connectivity index (χ2v) is 5.07. The lowest BCUT2D eigenvalue weighted by molar-refractivity contribution is 0.497. The van der Waals surface area contributed by atoms with Crippen molar-refractivity contribution in [1.82, 2.24) is 14.9 Å². The number of rotatable bonds is 5. The van der Waals surface area contributed by atoms with Crippen LogP contribution in [-0.4, -0.2) is 22.6 Å². The largest absolute Gasteiger partial charge is 0.328 e. The van der Waals surface area contributed by atoms with Crippen LogP contribution in [0.25, 0.3) is 11.0 Å². The molecule has 0 aliphatic heterocycles. The maximum absolute atomic E-state index is 4.51. The van der Waals surface area contributed by atoms with Crippen LogP contribution in [0.3, 0.4) is 0 Å². The molecule has 3 heteroatoms. The Kier molecular flexibility index (Phi) is 4.02. The van der Waals surface area contributed by atoms with E-state index in [4.69, 9.17) is 0 Å². The summed E-state index contributed by atoms with van der Waals surface area (Å²) in [5.74, 6) is 0. The van der Waals surface area contributed by atoms with Gasteiger partial charge in [0.1, 0.15) is 0 Å². The number of hydrogen-bond donors (Lipinski definition) is 1. The van der Waals surface area contributed by atoms with Gasteiger partial charge in [0, 0.05) is 6.04 Å². The molecule has 0 aliphatic carbocycles. The summed E-state index contributed by atoms with van der Waals surface area (Å²) in [5.41, 5.74) is 5.01. The van der Waals surface area contributed by atoms with Gasteiger partial charge in [-0.05, 0) is 63.5 Å². The van der Waals surface area contributed by atoms with E-state index < -0.39 is 0 Å². The number of nitrogens with one attached hydrogen (secondary N) is 1. The second kappa shape index (κ2) is 5.53. The minimum Gasteiger partial charge on any atom is -0.328 e. The van der Waals surface area contributed by atoms with Gasteiger partial charge in [0.25, 0.3) is 0 Å². The highest BCUT2D eigenvalue weighted by Gasteiger charge is 2.10. The lowest BCUT2D eigenvalue weighted by Crippen LogP contribution is -2.18. The number of fused-ring (bicyclic) bond motifs is 1. The Labute approximate surface area is 109 Å². The highest BCUT2D eigenvalue weighted by atomic mass is 15.1. The van der Waals surface area contributed by atoms with Crippen LogP contribution in [0, 0.1) is 13.8 Å². The highest BCUT2D eigenvalue weighted by Crippen LogP contribution is 2.22. The van der Waals surface area contributed by atoms with Crippen molar-refractivity contribution in [2.45, 2.75) is 40.2 Å². The minimum atomic E-state index is 0.483. The summed E-state index contributed by atoms with van der Waals surface area (Å²) in [6.07, 6.45) is 3.10. The van der Waals surface area contributed by atoms with Crippen molar-refractivity contribution >= 4 is 11.0 Å². The van der Waals surface area contributed by atoms with Crippen LogP contribution in [0.1, 0.15) is 37.4 Å². The Hall–Kier alpha value is -1.35. The summed E-state index contributed by atoms with van der Waals surface area (Å²) in [7, 11) is 0. The van der Waals surface area contributed by atoms with E-state index in [-0.39, 0.29) is 0 Å². The predicted molar refractivity (Wildman–Crippen MR) is 77.1 cm³/mol. The van der Waals surface area contributed by atoms with Crippen molar-refractivity contribution in [3.8, 4) is 0 Å². The zero-order valence-corrected chi connectivity index (χ0v) is 11.8. The number of hydrogen-bond acceptors (Lipinski definition) is 2. The van der Waals surface area contributed by atoms with Crippen LogP contribution in [0.15, 0.2) is 18.5 Å². The van der Waals surface area contributed by atoms with Crippen molar-refractivity contribution in [2.75, 3.05) is 13.1 Å². The molecule has 1 N–H and O–H groups in total. The first kappa shape index (κ1) is 13.1. The number of imidazole rings is 1. The highest BCUT2D eigenvalue weighted by molar-refractivity contribution is 5.77. The van der Waals surface area contributed by atoms with E-state index in [1.54, 1.807) is 0 Å². The molecule has 2 aromatic rings. The molecule has 0 spiro atoms. The third kappa shape index (κ3) is 2.56. The molecule has 0 radical (unpaired) electrons. The van der Waals surface area contributed by atoms with E-state index in [1.807, 2.05) is 6.33 Å². The first-order valence-corrected chi connectivity index (χ1v) is 6.78. The molecule has 1 unspecified atom stereocenters. The standard InChI is InChI=1S/C15H23N3/c1-5-16-7-6-13(4)18-10-17-14-8-11(2)12(3)9-15(14)18/h8-10,13,16H,5-7H2,1-4H3. The van der Waals surface area contributed by atoms with Gasteiger partial charge in [-0.3, -0.25) is 0 Å². The molecule has 3 nitrogen and oxygen atoms in total. The monoisotopic (exact) mass is 245 g/mol. The van der Waals surface area contributed by atoms with E-state index >= 15 is 0 Å². The Balaban J connectivity index is 2.25.